The van der Waals surface area contributed by atoms with Gasteiger partial charge in [0.1, 0.15) is 18.4 Å². The fourth-order valence-electron chi connectivity index (χ4n) is 2.64. The molecule has 0 saturated carbocycles. The molecule has 0 saturated heterocycles. The maximum absolute atomic E-state index is 12.5. The number of hydrogen-bond acceptors (Lipinski definition) is 2. The van der Waals surface area contributed by atoms with E-state index in [1.54, 1.807) is 4.57 Å². The number of aromatic nitrogens is 2. The van der Waals surface area contributed by atoms with Crippen molar-refractivity contribution in [1.29, 1.82) is 0 Å². The first-order valence-electron chi connectivity index (χ1n) is 7.66. The smallest absolute Gasteiger partial charge is 0.355 e. The van der Waals surface area contributed by atoms with Crippen LogP contribution in [0.3, 0.4) is 0 Å². The molecule has 0 aliphatic heterocycles. The molecule has 6 heteroatoms. The summed E-state index contributed by atoms with van der Waals surface area (Å²) in [4.78, 5) is 12.5. The summed E-state index contributed by atoms with van der Waals surface area (Å²) >= 11 is 6.07. The maximum Gasteiger partial charge on any atom is 0.355 e. The first kappa shape index (κ1) is 19.2. The summed E-state index contributed by atoms with van der Waals surface area (Å²) in [6.45, 7) is 2.19. The number of carbonyl (C=O) groups is 1. The SMILES string of the molecule is Cc1ccc(C(=O)C[n+]2cc(-c3cccc(Cl)c3)n(C)c2N)cc1.[Br-]. The highest BCUT2D eigenvalue weighted by Gasteiger charge is 2.20. The third-order valence-corrected chi connectivity index (χ3v) is 4.32. The summed E-state index contributed by atoms with van der Waals surface area (Å²) in [5.41, 5.74) is 9.84. The molecule has 0 spiro atoms. The molecule has 3 rings (SSSR count). The summed E-state index contributed by atoms with van der Waals surface area (Å²) in [6, 6.07) is 15.1. The van der Waals surface area contributed by atoms with Crippen molar-refractivity contribution in [1.82, 2.24) is 4.57 Å². The average Bonchev–Trinajstić information content (AvgIpc) is 2.84. The second-order valence-electron chi connectivity index (χ2n) is 5.86. The van der Waals surface area contributed by atoms with Gasteiger partial charge in [-0.05, 0) is 19.1 Å². The number of imidazole rings is 1. The molecule has 0 radical (unpaired) electrons. The van der Waals surface area contributed by atoms with Crippen LogP contribution in [0.4, 0.5) is 5.95 Å². The van der Waals surface area contributed by atoms with Gasteiger partial charge in [0.25, 0.3) is 0 Å². The zero-order chi connectivity index (χ0) is 17.3. The Hall–Kier alpha value is -2.11. The average molecular weight is 421 g/mol. The van der Waals surface area contributed by atoms with Gasteiger partial charge in [0.15, 0.2) is 5.78 Å². The first-order valence-corrected chi connectivity index (χ1v) is 8.04. The monoisotopic (exact) mass is 419 g/mol. The normalized spacial score (nSPS) is 10.4. The summed E-state index contributed by atoms with van der Waals surface area (Å²) in [7, 11) is 1.87. The molecule has 2 N–H and O–H groups in total. The van der Waals surface area contributed by atoms with E-state index < -0.39 is 0 Å². The molecule has 3 aromatic rings. The van der Waals surface area contributed by atoms with Crippen LogP contribution in [0.5, 0.6) is 0 Å². The lowest BCUT2D eigenvalue weighted by Crippen LogP contribution is -3.00. The summed E-state index contributed by atoms with van der Waals surface area (Å²) < 4.78 is 3.62. The van der Waals surface area contributed by atoms with Gasteiger partial charge in [0.2, 0.25) is 0 Å². The molecule has 2 aromatic carbocycles. The van der Waals surface area contributed by atoms with Crippen LogP contribution in [0.1, 0.15) is 15.9 Å². The van der Waals surface area contributed by atoms with Gasteiger partial charge in [-0.3, -0.25) is 10.5 Å². The number of nitrogen functional groups attached to an aromatic ring is 1. The van der Waals surface area contributed by atoms with Crippen LogP contribution in [-0.2, 0) is 13.6 Å². The third-order valence-electron chi connectivity index (χ3n) is 4.09. The lowest BCUT2D eigenvalue weighted by Gasteiger charge is -2.01. The molecule has 0 unspecified atom stereocenters. The second-order valence-corrected chi connectivity index (χ2v) is 6.30. The molecule has 0 bridgehead atoms. The van der Waals surface area contributed by atoms with Crippen LogP contribution in [-0.4, -0.2) is 10.4 Å². The minimum Gasteiger partial charge on any atom is -1.00 e. The van der Waals surface area contributed by atoms with E-state index in [0.29, 0.717) is 16.5 Å². The van der Waals surface area contributed by atoms with Crippen LogP contribution in [0.15, 0.2) is 54.7 Å². The zero-order valence-corrected chi connectivity index (χ0v) is 16.4. The number of nitrogens with zero attached hydrogens (tertiary/aromatic N) is 2. The Bertz CT molecular complexity index is 904. The molecule has 0 aliphatic rings. The molecule has 0 aliphatic carbocycles. The Balaban J connectivity index is 0.00000225. The molecule has 0 atom stereocenters. The van der Waals surface area contributed by atoms with Gasteiger partial charge in [-0.2, -0.15) is 0 Å². The summed E-state index contributed by atoms with van der Waals surface area (Å²) in [5, 5.41) is 0.662. The first-order chi connectivity index (χ1) is 11.5. The molecular weight excluding hydrogens is 402 g/mol. The fourth-order valence-corrected chi connectivity index (χ4v) is 2.83. The molecule has 0 amide bonds. The van der Waals surface area contributed by atoms with Crippen molar-refractivity contribution in [2.75, 3.05) is 5.73 Å². The molecule has 25 heavy (non-hydrogen) atoms. The number of aryl methyl sites for hydroxylation is 1. The third kappa shape index (κ3) is 4.11. The Kier molecular flexibility index (Phi) is 6.03. The fraction of sp³-hybridized carbons (Fsp3) is 0.158. The summed E-state index contributed by atoms with van der Waals surface area (Å²) in [6.07, 6.45) is 1.88. The van der Waals surface area contributed by atoms with Gasteiger partial charge in [-0.1, -0.05) is 53.6 Å². The molecule has 1 aromatic heterocycles. The van der Waals surface area contributed by atoms with Crippen LogP contribution in [0.2, 0.25) is 5.02 Å². The molecule has 1 heterocycles. The van der Waals surface area contributed by atoms with Crippen molar-refractivity contribution in [3.05, 3.63) is 70.9 Å². The Morgan fingerprint density at radius 1 is 1.20 bits per heavy atom. The van der Waals surface area contributed by atoms with Gasteiger partial charge >= 0.3 is 5.95 Å². The van der Waals surface area contributed by atoms with Gasteiger partial charge in [0, 0.05) is 16.1 Å². The summed E-state index contributed by atoms with van der Waals surface area (Å²) in [5.74, 6) is 0.542. The Labute approximate surface area is 162 Å². The highest BCUT2D eigenvalue weighted by molar-refractivity contribution is 6.30. The number of anilines is 1. The van der Waals surface area contributed by atoms with Crippen molar-refractivity contribution in [3.8, 4) is 11.3 Å². The van der Waals surface area contributed by atoms with Crippen LogP contribution >= 0.6 is 11.6 Å². The largest absolute Gasteiger partial charge is 1.00 e. The lowest BCUT2D eigenvalue weighted by molar-refractivity contribution is -0.667. The van der Waals surface area contributed by atoms with E-state index in [9.17, 15) is 4.79 Å². The molecule has 130 valence electrons. The van der Waals surface area contributed by atoms with E-state index >= 15 is 0 Å². The lowest BCUT2D eigenvalue weighted by atomic mass is 10.1. The van der Waals surface area contributed by atoms with Crippen molar-refractivity contribution >= 4 is 23.3 Å². The van der Waals surface area contributed by atoms with Gasteiger partial charge < -0.3 is 17.0 Å². The standard InChI is InChI=1S/C19H18ClN3O.BrH/c1-13-6-8-14(9-7-13)18(24)12-23-11-17(22(2)19(23)21)15-4-3-5-16(20)10-15;/h3-11,21H,12H2,1-2H3;1H. The molecule has 0 fully saturated rings. The quantitative estimate of drug-likeness (QED) is 0.491. The van der Waals surface area contributed by atoms with E-state index in [-0.39, 0.29) is 29.3 Å². The van der Waals surface area contributed by atoms with Crippen molar-refractivity contribution in [3.63, 3.8) is 0 Å². The number of hydrogen-bond donors (Lipinski definition) is 1. The van der Waals surface area contributed by atoms with Crippen molar-refractivity contribution in [2.24, 2.45) is 7.05 Å². The van der Waals surface area contributed by atoms with Crippen molar-refractivity contribution < 1.29 is 26.3 Å². The maximum atomic E-state index is 12.5. The minimum atomic E-state index is 0. The van der Waals surface area contributed by atoms with Crippen LogP contribution in [0.25, 0.3) is 11.3 Å². The molecule has 4 nitrogen and oxygen atoms in total. The Morgan fingerprint density at radius 2 is 1.88 bits per heavy atom. The number of Topliss-reactive ketones (excluding diaryl/α,β-unsaturated/α-hetero) is 1. The minimum absolute atomic E-state index is 0. The van der Waals surface area contributed by atoms with E-state index in [1.807, 2.05) is 73.3 Å². The second kappa shape index (κ2) is 7.85. The predicted molar refractivity (Wildman–Crippen MR) is 96.0 cm³/mol. The number of rotatable bonds is 4. The van der Waals surface area contributed by atoms with E-state index in [4.69, 9.17) is 17.3 Å². The van der Waals surface area contributed by atoms with E-state index in [0.717, 1.165) is 16.8 Å². The number of halogens is 2. The van der Waals surface area contributed by atoms with Crippen LogP contribution in [0, 0.1) is 6.92 Å². The number of carbonyl (C=O) groups excluding carboxylic acids is 1. The topological polar surface area (TPSA) is 51.9 Å². The van der Waals surface area contributed by atoms with E-state index in [1.165, 1.54) is 0 Å². The number of nitrogens with two attached hydrogens (primary N) is 1. The van der Waals surface area contributed by atoms with Crippen molar-refractivity contribution in [2.45, 2.75) is 13.5 Å². The van der Waals surface area contributed by atoms with Gasteiger partial charge in [-0.15, -0.1) is 0 Å². The predicted octanol–water partition coefficient (Wildman–Crippen LogP) is 0.411. The highest BCUT2D eigenvalue weighted by Crippen LogP contribution is 2.23. The van der Waals surface area contributed by atoms with Gasteiger partial charge in [-0.25, -0.2) is 9.13 Å². The van der Waals surface area contributed by atoms with Crippen LogP contribution < -0.4 is 27.3 Å². The molecular formula is C19H19BrClN3O. The Morgan fingerprint density at radius 3 is 2.52 bits per heavy atom. The van der Waals surface area contributed by atoms with Gasteiger partial charge in [0.05, 0.1) is 7.05 Å². The zero-order valence-electron chi connectivity index (χ0n) is 14.0. The number of benzene rings is 2. The highest BCUT2D eigenvalue weighted by atomic mass is 79.9. The number of ketones is 1. The van der Waals surface area contributed by atoms with E-state index in [2.05, 4.69) is 0 Å².